The number of aromatic carboxylic acids is 1. The SMILES string of the molecule is N#Cc1cccc(CCC(=O)c2ccccc2C(=O)O)c1. The second kappa shape index (κ2) is 6.49. The van der Waals surface area contributed by atoms with Crippen molar-refractivity contribution in [2.75, 3.05) is 0 Å². The number of hydrogen-bond acceptors (Lipinski definition) is 3. The molecule has 0 aliphatic heterocycles. The molecule has 0 aromatic heterocycles. The van der Waals surface area contributed by atoms with Gasteiger partial charge in [-0.1, -0.05) is 30.3 Å². The third kappa shape index (κ3) is 3.54. The maximum absolute atomic E-state index is 12.2. The molecule has 4 heteroatoms. The first-order chi connectivity index (χ1) is 10.1. The fraction of sp³-hybridized carbons (Fsp3) is 0.118. The molecule has 0 heterocycles. The van der Waals surface area contributed by atoms with Gasteiger partial charge in [-0.05, 0) is 30.2 Å². The molecule has 1 N–H and O–H groups in total. The summed E-state index contributed by atoms with van der Waals surface area (Å²) in [7, 11) is 0. The Balaban J connectivity index is 2.12. The molecule has 0 fully saturated rings. The zero-order valence-electron chi connectivity index (χ0n) is 11.2. The molecule has 104 valence electrons. The molecule has 2 rings (SSSR count). The monoisotopic (exact) mass is 279 g/mol. The van der Waals surface area contributed by atoms with Crippen molar-refractivity contribution < 1.29 is 14.7 Å². The summed E-state index contributed by atoms with van der Waals surface area (Å²) in [5.74, 6) is -1.32. The maximum Gasteiger partial charge on any atom is 0.336 e. The summed E-state index contributed by atoms with van der Waals surface area (Å²) in [6.45, 7) is 0. The summed E-state index contributed by atoms with van der Waals surface area (Å²) in [4.78, 5) is 23.3. The Morgan fingerprint density at radius 1 is 1.05 bits per heavy atom. The van der Waals surface area contributed by atoms with Crippen LogP contribution in [0.5, 0.6) is 0 Å². The lowest BCUT2D eigenvalue weighted by Gasteiger charge is -2.05. The second-order valence-corrected chi connectivity index (χ2v) is 4.59. The van der Waals surface area contributed by atoms with Crippen LogP contribution in [0.2, 0.25) is 0 Å². The van der Waals surface area contributed by atoms with Crippen molar-refractivity contribution >= 4 is 11.8 Å². The minimum absolute atomic E-state index is 0.0216. The van der Waals surface area contributed by atoms with Crippen LogP contribution in [0.4, 0.5) is 0 Å². The van der Waals surface area contributed by atoms with Crippen LogP contribution in [0, 0.1) is 11.3 Å². The van der Waals surface area contributed by atoms with Gasteiger partial charge >= 0.3 is 5.97 Å². The molecule has 0 saturated heterocycles. The number of carbonyl (C=O) groups is 2. The van der Waals surface area contributed by atoms with E-state index < -0.39 is 5.97 Å². The van der Waals surface area contributed by atoms with Gasteiger partial charge in [-0.2, -0.15) is 5.26 Å². The number of aryl methyl sites for hydroxylation is 1. The van der Waals surface area contributed by atoms with Gasteiger partial charge in [-0.3, -0.25) is 4.79 Å². The molecular weight excluding hydrogens is 266 g/mol. The van der Waals surface area contributed by atoms with Gasteiger partial charge in [0.1, 0.15) is 0 Å². The molecule has 0 unspecified atom stereocenters. The third-order valence-electron chi connectivity index (χ3n) is 3.15. The Kier molecular flexibility index (Phi) is 4.47. The van der Waals surface area contributed by atoms with Crippen molar-refractivity contribution in [1.82, 2.24) is 0 Å². The van der Waals surface area contributed by atoms with Crippen molar-refractivity contribution in [3.8, 4) is 6.07 Å². The van der Waals surface area contributed by atoms with Crippen LogP contribution in [0.25, 0.3) is 0 Å². The fourth-order valence-electron chi connectivity index (χ4n) is 2.10. The molecule has 0 radical (unpaired) electrons. The molecule has 21 heavy (non-hydrogen) atoms. The zero-order valence-corrected chi connectivity index (χ0v) is 11.2. The molecular formula is C17H13NO3. The van der Waals surface area contributed by atoms with Crippen molar-refractivity contribution in [2.24, 2.45) is 0 Å². The minimum Gasteiger partial charge on any atom is -0.478 e. The summed E-state index contributed by atoms with van der Waals surface area (Å²) in [6, 6.07) is 15.3. The molecule has 0 amide bonds. The van der Waals surface area contributed by atoms with Crippen LogP contribution in [0.3, 0.4) is 0 Å². The number of carbonyl (C=O) groups excluding carboxylic acids is 1. The predicted octanol–water partition coefficient (Wildman–Crippen LogP) is 3.07. The molecule has 0 spiro atoms. The van der Waals surface area contributed by atoms with Gasteiger partial charge in [0.25, 0.3) is 0 Å². The average Bonchev–Trinajstić information content (AvgIpc) is 2.52. The van der Waals surface area contributed by atoms with E-state index in [0.29, 0.717) is 12.0 Å². The van der Waals surface area contributed by atoms with Gasteiger partial charge < -0.3 is 5.11 Å². The standard InChI is InChI=1S/C17H13NO3/c18-11-13-5-3-4-12(10-13)8-9-16(19)14-6-1-2-7-15(14)17(20)21/h1-7,10H,8-9H2,(H,20,21). The highest BCUT2D eigenvalue weighted by Gasteiger charge is 2.15. The summed E-state index contributed by atoms with van der Waals surface area (Å²) in [5.41, 5.74) is 1.68. The van der Waals surface area contributed by atoms with Crippen LogP contribution in [0.15, 0.2) is 48.5 Å². The summed E-state index contributed by atoms with van der Waals surface area (Å²) in [6.07, 6.45) is 0.682. The van der Waals surface area contributed by atoms with Gasteiger partial charge in [0.2, 0.25) is 0 Å². The van der Waals surface area contributed by atoms with E-state index in [0.717, 1.165) is 5.56 Å². The molecule has 2 aromatic rings. The van der Waals surface area contributed by atoms with Crippen LogP contribution >= 0.6 is 0 Å². The zero-order chi connectivity index (χ0) is 15.2. The highest BCUT2D eigenvalue weighted by Crippen LogP contribution is 2.14. The van der Waals surface area contributed by atoms with E-state index >= 15 is 0 Å². The van der Waals surface area contributed by atoms with Gasteiger partial charge in [-0.15, -0.1) is 0 Å². The number of ketones is 1. The smallest absolute Gasteiger partial charge is 0.336 e. The van der Waals surface area contributed by atoms with E-state index in [1.807, 2.05) is 12.1 Å². The van der Waals surface area contributed by atoms with E-state index in [-0.39, 0.29) is 23.3 Å². The number of rotatable bonds is 5. The number of carboxylic acids is 1. The van der Waals surface area contributed by atoms with E-state index in [2.05, 4.69) is 0 Å². The first kappa shape index (κ1) is 14.5. The largest absolute Gasteiger partial charge is 0.478 e. The molecule has 0 bridgehead atoms. The van der Waals surface area contributed by atoms with Gasteiger partial charge in [0, 0.05) is 12.0 Å². The fourth-order valence-corrected chi connectivity index (χ4v) is 2.10. The third-order valence-corrected chi connectivity index (χ3v) is 3.15. The highest BCUT2D eigenvalue weighted by molar-refractivity contribution is 6.05. The molecule has 0 aliphatic rings. The van der Waals surface area contributed by atoms with E-state index in [1.54, 1.807) is 30.3 Å². The lowest BCUT2D eigenvalue weighted by molar-refractivity contribution is 0.0691. The number of nitriles is 1. The van der Waals surface area contributed by atoms with Crippen LogP contribution in [-0.2, 0) is 6.42 Å². The predicted molar refractivity (Wildman–Crippen MR) is 77.2 cm³/mol. The normalized spacial score (nSPS) is 9.86. The Morgan fingerprint density at radius 2 is 1.76 bits per heavy atom. The first-order valence-corrected chi connectivity index (χ1v) is 6.46. The molecule has 0 saturated carbocycles. The number of carboxylic acid groups (broad SMARTS) is 1. The summed E-state index contributed by atoms with van der Waals surface area (Å²) >= 11 is 0. The Bertz CT molecular complexity index is 729. The lowest BCUT2D eigenvalue weighted by atomic mass is 9.98. The van der Waals surface area contributed by atoms with Crippen molar-refractivity contribution in [3.63, 3.8) is 0 Å². The van der Waals surface area contributed by atoms with E-state index in [1.165, 1.54) is 12.1 Å². The summed E-state index contributed by atoms with van der Waals surface area (Å²) < 4.78 is 0. The van der Waals surface area contributed by atoms with E-state index in [4.69, 9.17) is 10.4 Å². The van der Waals surface area contributed by atoms with E-state index in [9.17, 15) is 9.59 Å². The van der Waals surface area contributed by atoms with Crippen molar-refractivity contribution in [3.05, 3.63) is 70.8 Å². The average molecular weight is 279 g/mol. The Hall–Kier alpha value is -2.93. The van der Waals surface area contributed by atoms with Crippen LogP contribution in [-0.4, -0.2) is 16.9 Å². The van der Waals surface area contributed by atoms with Crippen molar-refractivity contribution in [2.45, 2.75) is 12.8 Å². The van der Waals surface area contributed by atoms with Crippen LogP contribution in [0.1, 0.15) is 38.3 Å². The van der Waals surface area contributed by atoms with Gasteiger partial charge in [0.15, 0.2) is 5.78 Å². The second-order valence-electron chi connectivity index (χ2n) is 4.59. The minimum atomic E-state index is -1.11. The first-order valence-electron chi connectivity index (χ1n) is 6.46. The maximum atomic E-state index is 12.2. The number of Topliss-reactive ketones (excluding diaryl/α,β-unsaturated/α-hetero) is 1. The quantitative estimate of drug-likeness (QED) is 0.853. The number of benzene rings is 2. The summed E-state index contributed by atoms with van der Waals surface area (Å²) in [5, 5.41) is 17.9. The number of nitrogens with zero attached hydrogens (tertiary/aromatic N) is 1. The van der Waals surface area contributed by atoms with Gasteiger partial charge in [-0.25, -0.2) is 4.79 Å². The number of hydrogen-bond donors (Lipinski definition) is 1. The molecule has 2 aromatic carbocycles. The Labute approximate surface area is 122 Å². The molecule has 0 atom stereocenters. The lowest BCUT2D eigenvalue weighted by Crippen LogP contribution is -2.09. The Morgan fingerprint density at radius 3 is 2.43 bits per heavy atom. The molecule has 4 nitrogen and oxygen atoms in total. The highest BCUT2D eigenvalue weighted by atomic mass is 16.4. The van der Waals surface area contributed by atoms with Crippen molar-refractivity contribution in [1.29, 1.82) is 5.26 Å². The molecule has 0 aliphatic carbocycles. The van der Waals surface area contributed by atoms with Gasteiger partial charge in [0.05, 0.1) is 17.2 Å². The van der Waals surface area contributed by atoms with Crippen LogP contribution < -0.4 is 0 Å². The topological polar surface area (TPSA) is 78.2 Å².